The van der Waals surface area contributed by atoms with Crippen molar-refractivity contribution in [2.24, 2.45) is 0 Å². The second-order valence-corrected chi connectivity index (χ2v) is 9.70. The Balaban J connectivity index is 1.27. The lowest BCUT2D eigenvalue weighted by Crippen LogP contribution is -2.53. The number of para-hydroxylation sites is 1. The summed E-state index contributed by atoms with van der Waals surface area (Å²) in [6, 6.07) is 19.2. The molecular weight excluding hydrogens is 476 g/mol. The van der Waals surface area contributed by atoms with Crippen LogP contribution < -0.4 is 4.74 Å². The van der Waals surface area contributed by atoms with Crippen molar-refractivity contribution in [2.45, 2.75) is 26.1 Å². The second kappa shape index (κ2) is 10.9. The van der Waals surface area contributed by atoms with E-state index in [4.69, 9.17) is 11.2 Å². The Morgan fingerprint density at radius 1 is 1.13 bits per heavy atom. The first-order valence-electron chi connectivity index (χ1n) is 12.6. The van der Waals surface area contributed by atoms with E-state index in [2.05, 4.69) is 27.3 Å². The number of fused-ring (bicyclic) bond motifs is 1. The molecule has 1 fully saturated rings. The van der Waals surface area contributed by atoms with E-state index in [-0.39, 0.29) is 11.9 Å². The predicted molar refractivity (Wildman–Crippen MR) is 147 cm³/mol. The van der Waals surface area contributed by atoms with Gasteiger partial charge in [0.25, 0.3) is 5.91 Å². The van der Waals surface area contributed by atoms with Gasteiger partial charge in [-0.05, 0) is 55.0 Å². The van der Waals surface area contributed by atoms with E-state index in [0.717, 1.165) is 47.3 Å². The van der Waals surface area contributed by atoms with Crippen LogP contribution in [0.25, 0.3) is 11.0 Å². The highest BCUT2D eigenvalue weighted by Gasteiger charge is 2.28. The van der Waals surface area contributed by atoms with Gasteiger partial charge in [-0.25, -0.2) is 4.98 Å². The number of ether oxygens (including phenoxy) is 1. The minimum atomic E-state index is 0.0101. The standard InChI is InChI=1S/C31H30N4O3/c1-4-23-13-24(15-25(14-23)20-36)18-33-11-12-35(22(2)17-33)31(37)26-9-10-29-28(16-26)32-21-34(29)19-27-7-5-6-8-30(27)38-3/h1,5-10,13-16,20-22H,11-12,17-19H2,2-3H3/t22-/m1/s1. The lowest BCUT2D eigenvalue weighted by atomic mass is 10.0. The number of terminal acetylenes is 1. The summed E-state index contributed by atoms with van der Waals surface area (Å²) in [5, 5.41) is 0. The van der Waals surface area contributed by atoms with Gasteiger partial charge in [-0.15, -0.1) is 6.42 Å². The van der Waals surface area contributed by atoms with Crippen LogP contribution in [0.3, 0.4) is 0 Å². The third-order valence-corrected chi connectivity index (χ3v) is 7.10. The number of benzene rings is 3. The molecular formula is C31H30N4O3. The predicted octanol–water partition coefficient (Wildman–Crippen LogP) is 4.23. The summed E-state index contributed by atoms with van der Waals surface area (Å²) in [4.78, 5) is 33.5. The maximum Gasteiger partial charge on any atom is 0.254 e. The first-order chi connectivity index (χ1) is 18.5. The maximum absolute atomic E-state index is 13.5. The molecule has 1 aliphatic heterocycles. The van der Waals surface area contributed by atoms with Gasteiger partial charge in [0, 0.05) is 54.5 Å². The largest absolute Gasteiger partial charge is 0.496 e. The van der Waals surface area contributed by atoms with E-state index < -0.39 is 0 Å². The van der Waals surface area contributed by atoms with Gasteiger partial charge in [0.1, 0.15) is 12.0 Å². The molecule has 0 bridgehead atoms. The van der Waals surface area contributed by atoms with Gasteiger partial charge < -0.3 is 14.2 Å². The molecule has 1 amide bonds. The fraction of sp³-hybridized carbons (Fsp3) is 0.258. The molecule has 3 aromatic carbocycles. The number of imidazole rings is 1. The van der Waals surface area contributed by atoms with Crippen LogP contribution in [-0.4, -0.2) is 64.3 Å². The van der Waals surface area contributed by atoms with Crippen LogP contribution in [-0.2, 0) is 13.1 Å². The lowest BCUT2D eigenvalue weighted by Gasteiger charge is -2.40. The van der Waals surface area contributed by atoms with Crippen LogP contribution in [0.2, 0.25) is 0 Å². The third kappa shape index (κ3) is 5.17. The third-order valence-electron chi connectivity index (χ3n) is 7.10. The van der Waals surface area contributed by atoms with Crippen LogP contribution in [0.15, 0.2) is 67.0 Å². The van der Waals surface area contributed by atoms with E-state index in [1.54, 1.807) is 19.5 Å². The fourth-order valence-electron chi connectivity index (χ4n) is 5.20. The Morgan fingerprint density at radius 3 is 2.74 bits per heavy atom. The number of piperazine rings is 1. The van der Waals surface area contributed by atoms with Crippen LogP contribution in [0.5, 0.6) is 5.75 Å². The Bertz CT molecular complexity index is 1530. The Labute approximate surface area is 222 Å². The Hall–Kier alpha value is -4.41. The van der Waals surface area contributed by atoms with Crippen LogP contribution in [0, 0.1) is 12.3 Å². The van der Waals surface area contributed by atoms with Crippen molar-refractivity contribution in [1.82, 2.24) is 19.4 Å². The monoisotopic (exact) mass is 506 g/mol. The molecule has 0 radical (unpaired) electrons. The molecule has 1 aliphatic rings. The minimum Gasteiger partial charge on any atom is -0.496 e. The van der Waals surface area contributed by atoms with Crippen molar-refractivity contribution in [3.8, 4) is 18.1 Å². The highest BCUT2D eigenvalue weighted by Crippen LogP contribution is 2.23. The van der Waals surface area contributed by atoms with Gasteiger partial charge in [0.15, 0.2) is 0 Å². The average molecular weight is 507 g/mol. The highest BCUT2D eigenvalue weighted by molar-refractivity contribution is 5.97. The van der Waals surface area contributed by atoms with Crippen LogP contribution in [0.4, 0.5) is 0 Å². The maximum atomic E-state index is 13.5. The topological polar surface area (TPSA) is 67.7 Å². The first-order valence-corrected chi connectivity index (χ1v) is 12.6. The number of hydrogen-bond donors (Lipinski definition) is 0. The zero-order valence-corrected chi connectivity index (χ0v) is 21.6. The molecule has 4 aromatic rings. The Kier molecular flexibility index (Phi) is 7.25. The molecule has 0 spiro atoms. The van der Waals surface area contributed by atoms with E-state index in [1.165, 1.54) is 0 Å². The number of amides is 1. The number of hydrogen-bond acceptors (Lipinski definition) is 5. The summed E-state index contributed by atoms with van der Waals surface area (Å²) in [5.74, 6) is 3.46. The summed E-state index contributed by atoms with van der Waals surface area (Å²) < 4.78 is 7.55. The summed E-state index contributed by atoms with van der Waals surface area (Å²) >= 11 is 0. The van der Waals surface area contributed by atoms with Crippen LogP contribution >= 0.6 is 0 Å². The number of rotatable bonds is 7. The van der Waals surface area contributed by atoms with E-state index in [9.17, 15) is 9.59 Å². The molecule has 0 saturated carbocycles. The van der Waals surface area contributed by atoms with Gasteiger partial charge >= 0.3 is 0 Å². The van der Waals surface area contributed by atoms with E-state index >= 15 is 0 Å². The second-order valence-electron chi connectivity index (χ2n) is 9.70. The molecule has 1 aromatic heterocycles. The van der Waals surface area contributed by atoms with Crippen molar-refractivity contribution < 1.29 is 14.3 Å². The lowest BCUT2D eigenvalue weighted by molar-refractivity contribution is 0.0475. The number of methoxy groups -OCH3 is 1. The average Bonchev–Trinajstić information content (AvgIpc) is 3.34. The molecule has 0 aliphatic carbocycles. The number of nitrogens with zero attached hydrogens (tertiary/aromatic N) is 4. The van der Waals surface area contributed by atoms with Gasteiger partial charge in [0.2, 0.25) is 0 Å². The smallest absolute Gasteiger partial charge is 0.254 e. The number of carbonyl (C=O) groups excluding carboxylic acids is 2. The summed E-state index contributed by atoms with van der Waals surface area (Å²) in [6.45, 7) is 5.47. The van der Waals surface area contributed by atoms with E-state index in [1.807, 2.05) is 59.5 Å². The molecule has 7 heteroatoms. The zero-order chi connectivity index (χ0) is 26.6. The highest BCUT2D eigenvalue weighted by atomic mass is 16.5. The minimum absolute atomic E-state index is 0.0101. The molecule has 0 unspecified atom stereocenters. The number of carbonyl (C=O) groups is 2. The summed E-state index contributed by atoms with van der Waals surface area (Å²) in [7, 11) is 1.67. The van der Waals surface area contributed by atoms with Crippen molar-refractivity contribution >= 4 is 23.2 Å². The summed E-state index contributed by atoms with van der Waals surface area (Å²) in [6.07, 6.45) is 8.18. The number of aldehydes is 1. The molecule has 1 atom stereocenters. The normalized spacial score (nSPS) is 15.8. The first kappa shape index (κ1) is 25.2. The summed E-state index contributed by atoms with van der Waals surface area (Å²) in [5.41, 5.74) is 5.74. The molecule has 1 saturated heterocycles. The van der Waals surface area contributed by atoms with Crippen molar-refractivity contribution in [3.63, 3.8) is 0 Å². The molecule has 5 rings (SSSR count). The molecule has 7 nitrogen and oxygen atoms in total. The van der Waals surface area contributed by atoms with Gasteiger partial charge in [-0.3, -0.25) is 14.5 Å². The molecule has 192 valence electrons. The van der Waals surface area contributed by atoms with Crippen molar-refractivity contribution in [3.05, 3.63) is 94.8 Å². The van der Waals surface area contributed by atoms with Gasteiger partial charge in [-0.2, -0.15) is 0 Å². The molecule has 0 N–H and O–H groups in total. The van der Waals surface area contributed by atoms with Crippen molar-refractivity contribution in [1.29, 1.82) is 0 Å². The van der Waals surface area contributed by atoms with Crippen molar-refractivity contribution in [2.75, 3.05) is 26.7 Å². The molecule has 38 heavy (non-hydrogen) atoms. The van der Waals surface area contributed by atoms with E-state index in [0.29, 0.717) is 36.3 Å². The van der Waals surface area contributed by atoms with Crippen LogP contribution in [0.1, 0.15) is 44.3 Å². The fourth-order valence-corrected chi connectivity index (χ4v) is 5.20. The molecule has 2 heterocycles. The quantitative estimate of drug-likeness (QED) is 0.277. The van der Waals surface area contributed by atoms with Gasteiger partial charge in [0.05, 0.1) is 31.0 Å². The van der Waals surface area contributed by atoms with Gasteiger partial charge in [-0.1, -0.05) is 24.1 Å². The number of aromatic nitrogens is 2. The SMILES string of the molecule is C#Cc1cc(C=O)cc(CN2CCN(C(=O)c3ccc4c(c3)ncn4Cc3ccccc3OC)[C@H](C)C2)c1. The zero-order valence-electron chi connectivity index (χ0n) is 21.6. The Morgan fingerprint density at radius 2 is 1.97 bits per heavy atom.